The Morgan fingerprint density at radius 2 is 1.28 bits per heavy atom. The number of hydrogen-bond acceptors (Lipinski definition) is 1. The Labute approximate surface area is 212 Å². The first-order valence-electron chi connectivity index (χ1n) is 10.1. The van der Waals surface area contributed by atoms with Crippen LogP contribution in [0.15, 0.2) is 48.8 Å². The SMILES string of the molecule is CN(C)c1ccc(/C=C/c2cc[n+](CCCCCC[N+](C)(C)C)cc2)cc1.[I-].[I-]. The number of quaternary nitrogens is 1. The highest BCUT2D eigenvalue weighted by molar-refractivity contribution is 5.70. The average molecular weight is 621 g/mol. The second kappa shape index (κ2) is 14.4. The zero-order valence-corrected chi connectivity index (χ0v) is 22.9. The topological polar surface area (TPSA) is 7.12 Å². The Balaban J connectivity index is 0.00000392. The Morgan fingerprint density at radius 3 is 1.79 bits per heavy atom. The van der Waals surface area contributed by atoms with Gasteiger partial charge in [-0.25, -0.2) is 4.57 Å². The highest BCUT2D eigenvalue weighted by atomic mass is 127. The molecule has 0 saturated heterocycles. The van der Waals surface area contributed by atoms with Crippen LogP contribution in [0.3, 0.4) is 0 Å². The van der Waals surface area contributed by atoms with Crippen molar-refractivity contribution in [3.63, 3.8) is 0 Å². The van der Waals surface area contributed by atoms with Gasteiger partial charge in [0.05, 0.1) is 27.7 Å². The summed E-state index contributed by atoms with van der Waals surface area (Å²) in [4.78, 5) is 2.12. The Bertz CT molecular complexity index is 702. The molecule has 1 aromatic heterocycles. The molecule has 0 unspecified atom stereocenters. The first kappa shape index (κ1) is 28.3. The number of hydrogen-bond donors (Lipinski definition) is 0. The van der Waals surface area contributed by atoms with E-state index in [9.17, 15) is 0 Å². The molecule has 0 amide bonds. The van der Waals surface area contributed by atoms with Crippen LogP contribution in [0.25, 0.3) is 12.2 Å². The maximum Gasteiger partial charge on any atom is 0.169 e. The number of aromatic nitrogens is 1. The smallest absolute Gasteiger partial charge is 0.169 e. The van der Waals surface area contributed by atoms with Crippen LogP contribution in [0.2, 0.25) is 0 Å². The number of halogens is 2. The summed E-state index contributed by atoms with van der Waals surface area (Å²) < 4.78 is 3.37. The van der Waals surface area contributed by atoms with Crippen molar-refractivity contribution in [2.24, 2.45) is 0 Å². The fourth-order valence-corrected chi connectivity index (χ4v) is 3.04. The quantitative estimate of drug-likeness (QED) is 0.136. The van der Waals surface area contributed by atoms with Gasteiger partial charge in [-0.05, 0) is 42.5 Å². The molecule has 0 N–H and O–H groups in total. The molecule has 0 aliphatic rings. The van der Waals surface area contributed by atoms with Gasteiger partial charge < -0.3 is 57.3 Å². The van der Waals surface area contributed by atoms with E-state index < -0.39 is 0 Å². The van der Waals surface area contributed by atoms with E-state index in [1.54, 1.807) is 0 Å². The van der Waals surface area contributed by atoms with Gasteiger partial charge in [-0.1, -0.05) is 24.3 Å². The molecule has 0 saturated carbocycles. The van der Waals surface area contributed by atoms with Crippen LogP contribution in [0.4, 0.5) is 5.69 Å². The summed E-state index contributed by atoms with van der Waals surface area (Å²) in [5.41, 5.74) is 3.70. The van der Waals surface area contributed by atoms with Gasteiger partial charge in [-0.15, -0.1) is 0 Å². The Morgan fingerprint density at radius 1 is 0.759 bits per heavy atom. The van der Waals surface area contributed by atoms with Crippen molar-refractivity contribution in [1.29, 1.82) is 0 Å². The van der Waals surface area contributed by atoms with Gasteiger partial charge in [0.25, 0.3) is 0 Å². The molecular weight excluding hydrogens is 584 g/mol. The normalized spacial score (nSPS) is 11.1. The van der Waals surface area contributed by atoms with Gasteiger partial charge in [0.1, 0.15) is 6.54 Å². The zero-order valence-electron chi connectivity index (χ0n) is 18.6. The van der Waals surface area contributed by atoms with Crippen LogP contribution < -0.4 is 57.4 Å². The van der Waals surface area contributed by atoms with Gasteiger partial charge in [0.15, 0.2) is 12.4 Å². The third kappa shape index (κ3) is 11.9. The van der Waals surface area contributed by atoms with Crippen LogP contribution in [0, 0.1) is 0 Å². The van der Waals surface area contributed by atoms with E-state index in [1.165, 1.54) is 49.0 Å². The minimum atomic E-state index is 0. The first-order valence-corrected chi connectivity index (χ1v) is 10.1. The molecule has 162 valence electrons. The lowest BCUT2D eigenvalue weighted by Crippen LogP contribution is -3.00. The molecule has 2 aromatic rings. The van der Waals surface area contributed by atoms with E-state index in [2.05, 4.69) is 106 Å². The molecule has 1 aromatic carbocycles. The standard InChI is InChI=1S/C24H37N3.2HI/c1-25(2)24-14-12-22(13-15-24)10-11-23-16-19-26(20-17-23)18-8-6-7-9-21-27(3,4)5;;/h10-17,19-20H,6-9,18,21H2,1-5H3;2*1H/q+2;;/p-2. The van der Waals surface area contributed by atoms with Crippen LogP contribution in [-0.2, 0) is 6.54 Å². The van der Waals surface area contributed by atoms with E-state index in [1.807, 2.05) is 0 Å². The number of nitrogens with zero attached hydrogens (tertiary/aromatic N) is 3. The lowest BCUT2D eigenvalue weighted by Gasteiger charge is -2.23. The summed E-state index contributed by atoms with van der Waals surface area (Å²) >= 11 is 0. The van der Waals surface area contributed by atoms with Gasteiger partial charge in [-0.3, -0.25) is 0 Å². The summed E-state index contributed by atoms with van der Waals surface area (Å²) in [6, 6.07) is 13.0. The molecule has 0 aliphatic carbocycles. The van der Waals surface area contributed by atoms with Crippen molar-refractivity contribution < 1.29 is 57.0 Å². The average Bonchev–Trinajstić information content (AvgIpc) is 2.63. The highest BCUT2D eigenvalue weighted by Crippen LogP contribution is 2.14. The van der Waals surface area contributed by atoms with Crippen LogP contribution in [-0.4, -0.2) is 46.3 Å². The number of pyridine rings is 1. The van der Waals surface area contributed by atoms with Crippen molar-refractivity contribution in [1.82, 2.24) is 0 Å². The van der Waals surface area contributed by atoms with Crippen molar-refractivity contribution in [2.45, 2.75) is 32.2 Å². The second-order valence-corrected chi connectivity index (χ2v) is 8.62. The molecule has 0 aliphatic heterocycles. The number of anilines is 1. The van der Waals surface area contributed by atoms with Gasteiger partial charge in [0.2, 0.25) is 0 Å². The van der Waals surface area contributed by atoms with E-state index in [0.29, 0.717) is 0 Å². The number of unbranched alkanes of at least 4 members (excludes halogenated alkanes) is 3. The largest absolute Gasteiger partial charge is 1.00 e. The van der Waals surface area contributed by atoms with Crippen molar-refractivity contribution in [3.8, 4) is 0 Å². The van der Waals surface area contributed by atoms with Crippen molar-refractivity contribution in [2.75, 3.05) is 46.7 Å². The molecule has 5 heteroatoms. The third-order valence-electron chi connectivity index (χ3n) is 4.79. The van der Waals surface area contributed by atoms with E-state index >= 15 is 0 Å². The minimum Gasteiger partial charge on any atom is -1.00 e. The molecule has 3 nitrogen and oxygen atoms in total. The Hall–Kier alpha value is -0.670. The predicted molar refractivity (Wildman–Crippen MR) is 118 cm³/mol. The molecular formula is C24H37I2N3. The lowest BCUT2D eigenvalue weighted by atomic mass is 10.1. The highest BCUT2D eigenvalue weighted by Gasteiger charge is 2.06. The van der Waals surface area contributed by atoms with Crippen molar-refractivity contribution >= 4 is 17.8 Å². The summed E-state index contributed by atoms with van der Waals surface area (Å²) in [5, 5.41) is 0. The maximum absolute atomic E-state index is 2.29. The zero-order chi connectivity index (χ0) is 19.7. The molecule has 0 radical (unpaired) electrons. The summed E-state index contributed by atoms with van der Waals surface area (Å²) in [7, 11) is 10.9. The third-order valence-corrected chi connectivity index (χ3v) is 4.79. The predicted octanol–water partition coefficient (Wildman–Crippen LogP) is -1.51. The van der Waals surface area contributed by atoms with Gasteiger partial charge >= 0.3 is 0 Å². The summed E-state index contributed by atoms with van der Waals surface area (Å²) in [5.74, 6) is 0. The number of benzene rings is 1. The monoisotopic (exact) mass is 621 g/mol. The summed E-state index contributed by atoms with van der Waals surface area (Å²) in [6.45, 7) is 2.38. The molecule has 0 fully saturated rings. The van der Waals surface area contributed by atoms with Gasteiger partial charge in [-0.2, -0.15) is 0 Å². The van der Waals surface area contributed by atoms with E-state index in [0.717, 1.165) is 11.0 Å². The second-order valence-electron chi connectivity index (χ2n) is 8.62. The first-order chi connectivity index (χ1) is 12.8. The molecule has 1 heterocycles. The van der Waals surface area contributed by atoms with E-state index in [-0.39, 0.29) is 48.0 Å². The van der Waals surface area contributed by atoms with Crippen LogP contribution >= 0.6 is 0 Å². The van der Waals surface area contributed by atoms with Crippen LogP contribution in [0.1, 0.15) is 36.8 Å². The van der Waals surface area contributed by atoms with Gasteiger partial charge in [0, 0.05) is 38.3 Å². The van der Waals surface area contributed by atoms with Crippen molar-refractivity contribution in [3.05, 3.63) is 59.9 Å². The number of rotatable bonds is 10. The fraction of sp³-hybridized carbons (Fsp3) is 0.458. The minimum absolute atomic E-state index is 0. The molecule has 29 heavy (non-hydrogen) atoms. The Kier molecular flexibility index (Phi) is 14.0. The molecule has 0 bridgehead atoms. The maximum atomic E-state index is 2.29. The molecule has 0 spiro atoms. The van der Waals surface area contributed by atoms with Crippen LogP contribution in [0.5, 0.6) is 0 Å². The molecule has 2 rings (SSSR count). The number of aryl methyl sites for hydroxylation is 1. The summed E-state index contributed by atoms with van der Waals surface area (Å²) in [6.07, 6.45) is 14.0. The molecule has 0 atom stereocenters. The fourth-order valence-electron chi connectivity index (χ4n) is 3.04. The lowest BCUT2D eigenvalue weighted by molar-refractivity contribution is -0.870. The van der Waals surface area contributed by atoms with E-state index in [4.69, 9.17) is 0 Å².